The molecule has 0 saturated heterocycles. The number of benzene rings is 2. The van der Waals surface area contributed by atoms with Crippen molar-refractivity contribution in [2.45, 2.75) is 46.1 Å². The molecular weight excluding hydrogens is 518 g/mol. The third kappa shape index (κ3) is 6.19. The first-order chi connectivity index (χ1) is 19.5. The molecule has 5 rings (SSSR count). The zero-order valence-electron chi connectivity index (χ0n) is 24.0. The molecule has 0 bridgehead atoms. The van der Waals surface area contributed by atoms with Crippen molar-refractivity contribution in [1.82, 2.24) is 19.5 Å². The minimum absolute atomic E-state index is 0.0918. The number of hydrogen-bond donors (Lipinski definition) is 0. The Morgan fingerprint density at radius 2 is 1.85 bits per heavy atom. The molecule has 0 amide bonds. The fourth-order valence-electron chi connectivity index (χ4n) is 5.36. The Labute approximate surface area is 240 Å². The van der Waals surface area contributed by atoms with Crippen molar-refractivity contribution in [3.05, 3.63) is 80.5 Å². The van der Waals surface area contributed by atoms with Crippen LogP contribution in [-0.2, 0) is 19.4 Å². The Balaban J connectivity index is 1.53. The van der Waals surface area contributed by atoms with E-state index in [2.05, 4.69) is 48.9 Å². The molecule has 2 heterocycles. The van der Waals surface area contributed by atoms with Gasteiger partial charge in [-0.2, -0.15) is 9.78 Å². The first-order valence-electron chi connectivity index (χ1n) is 14.3. The first kappa shape index (κ1) is 28.2. The van der Waals surface area contributed by atoms with Crippen LogP contribution in [-0.4, -0.2) is 66.0 Å². The molecule has 7 nitrogen and oxygen atoms in total. The molecule has 8 heteroatoms. The van der Waals surface area contributed by atoms with E-state index in [-0.39, 0.29) is 5.56 Å². The van der Waals surface area contributed by atoms with E-state index in [1.54, 1.807) is 24.7 Å². The first-order valence-corrected chi connectivity index (χ1v) is 15.1. The highest BCUT2D eigenvalue weighted by Crippen LogP contribution is 2.35. The number of thiophene rings is 1. The van der Waals surface area contributed by atoms with E-state index in [4.69, 9.17) is 14.8 Å². The second-order valence-electron chi connectivity index (χ2n) is 10.4. The summed E-state index contributed by atoms with van der Waals surface area (Å²) in [6.07, 6.45) is 5.96. The van der Waals surface area contributed by atoms with Crippen molar-refractivity contribution in [2.24, 2.45) is 5.10 Å². The molecule has 0 atom stereocenters. The fraction of sp³-hybridized carbons (Fsp3) is 0.406. The molecule has 0 aliphatic heterocycles. The number of ether oxygens (including phenoxy) is 1. The number of fused-ring (bicyclic) bond motifs is 3. The quantitative estimate of drug-likeness (QED) is 0.223. The van der Waals surface area contributed by atoms with Gasteiger partial charge in [-0.25, -0.2) is 4.98 Å². The standard InChI is InChI=1S/C32H39N5O2S/c1-5-36(6-2)19-18-35(3)22-24-10-9-11-25(20-24)30-34-31-29(27-12-7-8-13-28(27)40-31)32(38)37(30)33-21-23-14-16-26(39-4)17-15-23/h9-11,14-17,20-21H,5-8,12-13,18-19,22H2,1-4H3. The number of likely N-dealkylation sites (N-methyl/N-ethyl adjacent to an activating group) is 2. The average Bonchev–Trinajstić information content (AvgIpc) is 3.36. The van der Waals surface area contributed by atoms with Gasteiger partial charge in [0.1, 0.15) is 10.6 Å². The normalized spacial score (nSPS) is 13.6. The van der Waals surface area contributed by atoms with Crippen molar-refractivity contribution in [2.75, 3.05) is 40.3 Å². The van der Waals surface area contributed by atoms with E-state index in [1.165, 1.54) is 27.1 Å². The van der Waals surface area contributed by atoms with Crippen LogP contribution in [0.5, 0.6) is 5.75 Å². The van der Waals surface area contributed by atoms with E-state index in [9.17, 15) is 4.79 Å². The number of hydrogen-bond acceptors (Lipinski definition) is 7. The van der Waals surface area contributed by atoms with Crippen LogP contribution in [0, 0.1) is 0 Å². The third-order valence-corrected chi connectivity index (χ3v) is 8.92. The summed E-state index contributed by atoms with van der Waals surface area (Å²) in [6, 6.07) is 16.0. The Hall–Kier alpha value is -3.33. The molecule has 2 aromatic carbocycles. The Morgan fingerprint density at radius 1 is 1.07 bits per heavy atom. The summed E-state index contributed by atoms with van der Waals surface area (Å²) in [5.74, 6) is 1.36. The van der Waals surface area contributed by atoms with Crippen LogP contribution in [0.2, 0.25) is 0 Å². The van der Waals surface area contributed by atoms with Crippen molar-refractivity contribution in [3.63, 3.8) is 0 Å². The highest BCUT2D eigenvalue weighted by atomic mass is 32.1. The third-order valence-electron chi connectivity index (χ3n) is 7.74. The summed E-state index contributed by atoms with van der Waals surface area (Å²) < 4.78 is 6.78. The lowest BCUT2D eigenvalue weighted by molar-refractivity contribution is 0.236. The smallest absolute Gasteiger partial charge is 0.283 e. The van der Waals surface area contributed by atoms with Gasteiger partial charge in [0.2, 0.25) is 0 Å². The van der Waals surface area contributed by atoms with Gasteiger partial charge in [-0.05, 0) is 92.8 Å². The second-order valence-corrected chi connectivity index (χ2v) is 11.5. The molecule has 1 aliphatic carbocycles. The Bertz CT molecular complexity index is 1540. The van der Waals surface area contributed by atoms with Crippen molar-refractivity contribution in [1.29, 1.82) is 0 Å². The zero-order chi connectivity index (χ0) is 28.1. The number of methoxy groups -OCH3 is 1. The highest BCUT2D eigenvalue weighted by molar-refractivity contribution is 7.18. The SMILES string of the molecule is CCN(CC)CCN(C)Cc1cccc(-c2nc3sc4c(c3c(=O)n2N=Cc2ccc(OC)cc2)CCCC4)c1. The molecule has 210 valence electrons. The molecule has 4 aromatic rings. The van der Waals surface area contributed by atoms with E-state index in [0.29, 0.717) is 5.82 Å². The predicted octanol–water partition coefficient (Wildman–Crippen LogP) is 5.67. The van der Waals surface area contributed by atoms with Gasteiger partial charge in [0.25, 0.3) is 5.56 Å². The molecule has 0 spiro atoms. The monoisotopic (exact) mass is 557 g/mol. The molecule has 2 aromatic heterocycles. The maximum absolute atomic E-state index is 14.0. The lowest BCUT2D eigenvalue weighted by atomic mass is 9.97. The van der Waals surface area contributed by atoms with Crippen LogP contribution >= 0.6 is 11.3 Å². The summed E-state index contributed by atoms with van der Waals surface area (Å²) >= 11 is 1.68. The number of aromatic nitrogens is 2. The van der Waals surface area contributed by atoms with Crippen LogP contribution in [0.15, 0.2) is 58.4 Å². The molecule has 0 N–H and O–H groups in total. The summed E-state index contributed by atoms with van der Waals surface area (Å²) in [6.45, 7) is 9.40. The topological polar surface area (TPSA) is 63.0 Å². The molecule has 40 heavy (non-hydrogen) atoms. The van der Waals surface area contributed by atoms with Gasteiger partial charge >= 0.3 is 0 Å². The van der Waals surface area contributed by atoms with Gasteiger partial charge in [0.05, 0.1) is 18.7 Å². The minimum atomic E-state index is -0.0918. The average molecular weight is 558 g/mol. The van der Waals surface area contributed by atoms with E-state index < -0.39 is 0 Å². The highest BCUT2D eigenvalue weighted by Gasteiger charge is 2.23. The van der Waals surface area contributed by atoms with Crippen LogP contribution in [0.1, 0.15) is 48.3 Å². The zero-order valence-corrected chi connectivity index (χ0v) is 24.8. The van der Waals surface area contributed by atoms with Gasteiger partial charge in [-0.1, -0.05) is 32.0 Å². The lowest BCUT2D eigenvalue weighted by Gasteiger charge is -2.23. The lowest BCUT2D eigenvalue weighted by Crippen LogP contribution is -2.32. The Kier molecular flexibility index (Phi) is 9.09. The molecular formula is C32H39N5O2S. The maximum Gasteiger partial charge on any atom is 0.283 e. The number of rotatable bonds is 11. The van der Waals surface area contributed by atoms with Gasteiger partial charge in [0.15, 0.2) is 5.82 Å². The Morgan fingerprint density at radius 3 is 2.60 bits per heavy atom. The number of aryl methyl sites for hydroxylation is 2. The van der Waals surface area contributed by atoms with Crippen LogP contribution in [0.3, 0.4) is 0 Å². The van der Waals surface area contributed by atoms with Crippen LogP contribution in [0.25, 0.3) is 21.6 Å². The minimum Gasteiger partial charge on any atom is -0.497 e. The van der Waals surface area contributed by atoms with Crippen molar-refractivity contribution >= 4 is 27.8 Å². The van der Waals surface area contributed by atoms with Gasteiger partial charge < -0.3 is 14.5 Å². The maximum atomic E-state index is 14.0. The second kappa shape index (κ2) is 12.9. The molecule has 0 unspecified atom stereocenters. The van der Waals surface area contributed by atoms with Gasteiger partial charge in [-0.15, -0.1) is 11.3 Å². The molecule has 0 radical (unpaired) electrons. The van der Waals surface area contributed by atoms with E-state index in [0.717, 1.165) is 79.1 Å². The molecule has 0 saturated carbocycles. The summed E-state index contributed by atoms with van der Waals surface area (Å²) in [7, 11) is 3.81. The van der Waals surface area contributed by atoms with Crippen molar-refractivity contribution in [3.8, 4) is 17.1 Å². The van der Waals surface area contributed by atoms with Gasteiger partial charge in [0, 0.05) is 30.1 Å². The summed E-state index contributed by atoms with van der Waals surface area (Å²) in [5.41, 5.74) is 4.05. The molecule has 1 aliphatic rings. The van der Waals surface area contributed by atoms with E-state index >= 15 is 0 Å². The summed E-state index contributed by atoms with van der Waals surface area (Å²) in [4.78, 5) is 26.0. The van der Waals surface area contributed by atoms with Crippen LogP contribution in [0.4, 0.5) is 0 Å². The summed E-state index contributed by atoms with van der Waals surface area (Å²) in [5, 5.41) is 5.45. The van der Waals surface area contributed by atoms with Crippen molar-refractivity contribution < 1.29 is 4.74 Å². The largest absolute Gasteiger partial charge is 0.497 e. The van der Waals surface area contributed by atoms with E-state index in [1.807, 2.05) is 30.3 Å². The predicted molar refractivity (Wildman–Crippen MR) is 166 cm³/mol. The molecule has 0 fully saturated rings. The van der Waals surface area contributed by atoms with Crippen LogP contribution < -0.4 is 10.3 Å². The van der Waals surface area contributed by atoms with Gasteiger partial charge in [-0.3, -0.25) is 4.79 Å². The fourth-order valence-corrected chi connectivity index (χ4v) is 6.61. The number of nitrogens with zero attached hydrogens (tertiary/aromatic N) is 5.